The van der Waals surface area contributed by atoms with Crippen LogP contribution in [0.15, 0.2) is 5.38 Å². The van der Waals surface area contributed by atoms with Gasteiger partial charge >= 0.3 is 6.03 Å². The lowest BCUT2D eigenvalue weighted by molar-refractivity contribution is 0.0349. The van der Waals surface area contributed by atoms with Crippen LogP contribution in [0.4, 0.5) is 4.79 Å². The van der Waals surface area contributed by atoms with E-state index >= 15 is 0 Å². The Morgan fingerprint density at radius 1 is 1.40 bits per heavy atom. The molecule has 0 aliphatic carbocycles. The number of hydrogen-bond donors (Lipinski definition) is 3. The Balaban J connectivity index is 2.14. The molecule has 20 heavy (non-hydrogen) atoms. The Labute approximate surface area is 124 Å². The van der Waals surface area contributed by atoms with Crippen molar-refractivity contribution in [2.45, 2.75) is 52.1 Å². The highest BCUT2D eigenvalue weighted by Gasteiger charge is 2.22. The number of hydrogen-bond acceptors (Lipinski definition) is 4. The van der Waals surface area contributed by atoms with Crippen LogP contribution in [-0.4, -0.2) is 34.8 Å². The Kier molecular flexibility index (Phi) is 6.95. The van der Waals surface area contributed by atoms with Crippen molar-refractivity contribution in [3.63, 3.8) is 0 Å². The van der Waals surface area contributed by atoms with E-state index in [9.17, 15) is 9.90 Å². The zero-order valence-electron chi connectivity index (χ0n) is 12.5. The third-order valence-corrected chi connectivity index (χ3v) is 4.44. The molecule has 2 amide bonds. The molecular weight excluding hydrogens is 274 g/mol. The molecule has 6 heteroatoms. The van der Waals surface area contributed by atoms with E-state index in [1.807, 2.05) is 26.2 Å². The lowest BCUT2D eigenvalue weighted by atomic mass is 9.98. The van der Waals surface area contributed by atoms with Crippen LogP contribution >= 0.6 is 11.3 Å². The topological polar surface area (TPSA) is 74.2 Å². The van der Waals surface area contributed by atoms with E-state index < -0.39 is 5.60 Å². The summed E-state index contributed by atoms with van der Waals surface area (Å²) in [5.74, 6) is 0. The number of carbonyl (C=O) groups excluding carboxylic acids is 1. The van der Waals surface area contributed by atoms with E-state index in [-0.39, 0.29) is 12.6 Å². The van der Waals surface area contributed by atoms with E-state index in [0.717, 1.165) is 23.5 Å². The van der Waals surface area contributed by atoms with Gasteiger partial charge < -0.3 is 15.7 Å². The summed E-state index contributed by atoms with van der Waals surface area (Å²) in [5.41, 5.74) is 0.254. The highest BCUT2D eigenvalue weighted by atomic mass is 32.1. The van der Waals surface area contributed by atoms with Crippen molar-refractivity contribution in [3.05, 3.63) is 16.1 Å². The SMILES string of the molecule is CCC(O)(CC)CNC(=O)NCCCc1nc(C)cs1. The quantitative estimate of drug-likeness (QED) is 0.644. The van der Waals surface area contributed by atoms with Gasteiger partial charge in [-0.2, -0.15) is 0 Å². The minimum absolute atomic E-state index is 0.222. The molecule has 3 N–H and O–H groups in total. The first kappa shape index (κ1) is 16.9. The fraction of sp³-hybridized carbons (Fsp3) is 0.714. The molecule has 5 nitrogen and oxygen atoms in total. The molecule has 0 aliphatic rings. The van der Waals surface area contributed by atoms with Crippen LogP contribution in [0.1, 0.15) is 43.8 Å². The molecule has 0 aromatic carbocycles. The Morgan fingerprint density at radius 2 is 2.10 bits per heavy atom. The molecule has 0 spiro atoms. The standard InChI is InChI=1S/C14H25N3O2S/c1-4-14(19,5-2)10-16-13(18)15-8-6-7-12-17-11(3)9-20-12/h9,19H,4-8,10H2,1-3H3,(H2,15,16,18). The van der Waals surface area contributed by atoms with Gasteiger partial charge in [-0.25, -0.2) is 9.78 Å². The van der Waals surface area contributed by atoms with Crippen molar-refractivity contribution in [3.8, 4) is 0 Å². The van der Waals surface area contributed by atoms with E-state index in [0.29, 0.717) is 19.4 Å². The Morgan fingerprint density at radius 3 is 2.65 bits per heavy atom. The number of aryl methyl sites for hydroxylation is 2. The second-order valence-electron chi connectivity index (χ2n) is 5.03. The summed E-state index contributed by atoms with van der Waals surface area (Å²) in [6, 6.07) is -0.222. The molecule has 0 saturated heterocycles. The summed E-state index contributed by atoms with van der Waals surface area (Å²) in [6.07, 6.45) is 3.01. The first-order valence-corrected chi connectivity index (χ1v) is 8.02. The third-order valence-electron chi connectivity index (χ3n) is 3.41. The van der Waals surface area contributed by atoms with Gasteiger partial charge in [0.2, 0.25) is 0 Å². The monoisotopic (exact) mass is 299 g/mol. The minimum atomic E-state index is -0.796. The molecule has 114 valence electrons. The van der Waals surface area contributed by atoms with Crippen LogP contribution < -0.4 is 10.6 Å². The number of carbonyl (C=O) groups is 1. The van der Waals surface area contributed by atoms with E-state index in [1.165, 1.54) is 0 Å². The van der Waals surface area contributed by atoms with Crippen LogP contribution in [0.25, 0.3) is 0 Å². The number of aliphatic hydroxyl groups is 1. The van der Waals surface area contributed by atoms with Crippen molar-refractivity contribution < 1.29 is 9.90 Å². The molecule has 0 fully saturated rings. The van der Waals surface area contributed by atoms with E-state index in [2.05, 4.69) is 15.6 Å². The number of nitrogens with zero attached hydrogens (tertiary/aromatic N) is 1. The molecule has 1 heterocycles. The predicted octanol–water partition coefficient (Wildman–Crippen LogP) is 2.23. The number of aromatic nitrogens is 1. The van der Waals surface area contributed by atoms with Gasteiger partial charge in [0.1, 0.15) is 0 Å². The van der Waals surface area contributed by atoms with Gasteiger partial charge in [-0.1, -0.05) is 13.8 Å². The summed E-state index contributed by atoms with van der Waals surface area (Å²) in [5, 5.41) is 18.7. The van der Waals surface area contributed by atoms with Gasteiger partial charge in [0, 0.05) is 30.6 Å². The van der Waals surface area contributed by atoms with Crippen molar-refractivity contribution in [2.75, 3.05) is 13.1 Å². The summed E-state index contributed by atoms with van der Waals surface area (Å²) in [4.78, 5) is 16.0. The van der Waals surface area contributed by atoms with Crippen LogP contribution in [-0.2, 0) is 6.42 Å². The predicted molar refractivity (Wildman–Crippen MR) is 82.1 cm³/mol. The van der Waals surface area contributed by atoms with Crippen LogP contribution in [0.5, 0.6) is 0 Å². The smallest absolute Gasteiger partial charge is 0.314 e. The number of amides is 2. The van der Waals surface area contributed by atoms with Gasteiger partial charge in [-0.15, -0.1) is 11.3 Å². The molecule has 0 bridgehead atoms. The zero-order chi connectivity index (χ0) is 15.0. The number of thiazole rings is 1. The maximum Gasteiger partial charge on any atom is 0.314 e. The molecular formula is C14H25N3O2S. The summed E-state index contributed by atoms with van der Waals surface area (Å²) < 4.78 is 0. The van der Waals surface area contributed by atoms with Crippen LogP contribution in [0, 0.1) is 6.92 Å². The average molecular weight is 299 g/mol. The molecule has 1 rings (SSSR count). The summed E-state index contributed by atoms with van der Waals surface area (Å²) in [7, 11) is 0. The van der Waals surface area contributed by atoms with Gasteiger partial charge in [-0.05, 0) is 26.2 Å². The molecule has 1 aromatic heterocycles. The lowest BCUT2D eigenvalue weighted by Crippen LogP contribution is -2.46. The number of nitrogens with one attached hydrogen (secondary N) is 2. The maximum atomic E-state index is 11.6. The number of urea groups is 1. The first-order chi connectivity index (χ1) is 9.49. The second kappa shape index (κ2) is 8.21. The average Bonchev–Trinajstić information content (AvgIpc) is 2.86. The van der Waals surface area contributed by atoms with Crippen molar-refractivity contribution in [1.29, 1.82) is 0 Å². The maximum absolute atomic E-state index is 11.6. The zero-order valence-corrected chi connectivity index (χ0v) is 13.3. The largest absolute Gasteiger partial charge is 0.388 e. The fourth-order valence-electron chi connectivity index (χ4n) is 1.77. The molecule has 0 saturated carbocycles. The Bertz CT molecular complexity index is 416. The summed E-state index contributed by atoms with van der Waals surface area (Å²) >= 11 is 1.66. The van der Waals surface area contributed by atoms with E-state index in [4.69, 9.17) is 0 Å². The van der Waals surface area contributed by atoms with Crippen molar-refractivity contribution in [1.82, 2.24) is 15.6 Å². The van der Waals surface area contributed by atoms with Gasteiger partial charge in [0.05, 0.1) is 10.6 Å². The second-order valence-corrected chi connectivity index (χ2v) is 5.97. The minimum Gasteiger partial charge on any atom is -0.388 e. The highest BCUT2D eigenvalue weighted by molar-refractivity contribution is 7.09. The normalized spacial score (nSPS) is 11.4. The molecule has 0 atom stereocenters. The van der Waals surface area contributed by atoms with E-state index in [1.54, 1.807) is 11.3 Å². The van der Waals surface area contributed by atoms with Crippen LogP contribution in [0.3, 0.4) is 0 Å². The van der Waals surface area contributed by atoms with Crippen LogP contribution in [0.2, 0.25) is 0 Å². The third kappa shape index (κ3) is 5.88. The summed E-state index contributed by atoms with van der Waals surface area (Å²) in [6.45, 7) is 6.71. The molecule has 0 radical (unpaired) electrons. The Hall–Kier alpha value is -1.14. The number of rotatable bonds is 8. The van der Waals surface area contributed by atoms with Gasteiger partial charge in [-0.3, -0.25) is 0 Å². The molecule has 1 aromatic rings. The van der Waals surface area contributed by atoms with Gasteiger partial charge in [0.15, 0.2) is 0 Å². The molecule has 0 unspecified atom stereocenters. The van der Waals surface area contributed by atoms with Crippen molar-refractivity contribution >= 4 is 17.4 Å². The van der Waals surface area contributed by atoms with Crippen molar-refractivity contribution in [2.24, 2.45) is 0 Å². The first-order valence-electron chi connectivity index (χ1n) is 7.14. The lowest BCUT2D eigenvalue weighted by Gasteiger charge is -2.25. The van der Waals surface area contributed by atoms with Gasteiger partial charge in [0.25, 0.3) is 0 Å². The molecule has 0 aliphatic heterocycles. The highest BCUT2D eigenvalue weighted by Crippen LogP contribution is 2.12. The fourth-order valence-corrected chi connectivity index (χ4v) is 2.58.